The van der Waals surface area contributed by atoms with Gasteiger partial charge < -0.3 is 5.32 Å². The SMILES string of the molecule is O=C(CSc1nnc(NC(=O)c2cc(Br)ccc2Cl)s1)NC1CCCC1. The zero-order valence-electron chi connectivity index (χ0n) is 13.6. The Kier molecular flexibility index (Phi) is 6.91. The molecule has 2 N–H and O–H groups in total. The van der Waals surface area contributed by atoms with E-state index in [-0.39, 0.29) is 17.6 Å². The fourth-order valence-electron chi connectivity index (χ4n) is 2.62. The molecule has 1 heterocycles. The molecular formula is C16H16BrClN4O2S2. The Bertz CT molecular complexity index is 811. The quantitative estimate of drug-likeness (QED) is 0.479. The minimum Gasteiger partial charge on any atom is -0.353 e. The van der Waals surface area contributed by atoms with Crippen LogP contribution in [0.4, 0.5) is 5.13 Å². The molecule has 10 heteroatoms. The summed E-state index contributed by atoms with van der Waals surface area (Å²) in [4.78, 5) is 24.3. The van der Waals surface area contributed by atoms with Gasteiger partial charge in [0.2, 0.25) is 11.0 Å². The van der Waals surface area contributed by atoms with Crippen molar-refractivity contribution in [1.29, 1.82) is 0 Å². The Morgan fingerprint density at radius 1 is 1.31 bits per heavy atom. The number of hydrogen-bond donors (Lipinski definition) is 2. The smallest absolute Gasteiger partial charge is 0.259 e. The van der Waals surface area contributed by atoms with Gasteiger partial charge >= 0.3 is 0 Å². The van der Waals surface area contributed by atoms with Gasteiger partial charge in [-0.2, -0.15) is 0 Å². The molecule has 138 valence electrons. The van der Waals surface area contributed by atoms with Crippen LogP contribution in [0, 0.1) is 0 Å². The summed E-state index contributed by atoms with van der Waals surface area (Å²) in [6.07, 6.45) is 4.48. The van der Waals surface area contributed by atoms with E-state index in [0.29, 0.717) is 26.1 Å². The van der Waals surface area contributed by atoms with E-state index in [0.717, 1.165) is 17.3 Å². The monoisotopic (exact) mass is 474 g/mol. The van der Waals surface area contributed by atoms with E-state index in [1.54, 1.807) is 18.2 Å². The maximum atomic E-state index is 12.3. The van der Waals surface area contributed by atoms with Crippen molar-refractivity contribution >= 4 is 67.6 Å². The molecule has 0 radical (unpaired) electrons. The highest BCUT2D eigenvalue weighted by Crippen LogP contribution is 2.27. The van der Waals surface area contributed by atoms with Crippen LogP contribution in [-0.2, 0) is 4.79 Å². The molecule has 0 unspecified atom stereocenters. The number of hydrogen-bond acceptors (Lipinski definition) is 6. The lowest BCUT2D eigenvalue weighted by molar-refractivity contribution is -0.119. The highest BCUT2D eigenvalue weighted by Gasteiger charge is 2.18. The van der Waals surface area contributed by atoms with Gasteiger partial charge in [0.1, 0.15) is 0 Å². The van der Waals surface area contributed by atoms with Gasteiger partial charge in [0.25, 0.3) is 5.91 Å². The van der Waals surface area contributed by atoms with Gasteiger partial charge in [0.05, 0.1) is 16.3 Å². The van der Waals surface area contributed by atoms with Crippen LogP contribution >= 0.6 is 50.6 Å². The average molecular weight is 476 g/mol. The summed E-state index contributed by atoms with van der Waals surface area (Å²) in [7, 11) is 0. The van der Waals surface area contributed by atoms with Crippen LogP contribution in [0.3, 0.4) is 0 Å². The first-order valence-electron chi connectivity index (χ1n) is 8.03. The lowest BCUT2D eigenvalue weighted by atomic mass is 10.2. The fourth-order valence-corrected chi connectivity index (χ4v) is 4.74. The van der Waals surface area contributed by atoms with Gasteiger partial charge in [0, 0.05) is 10.5 Å². The molecule has 0 aliphatic heterocycles. The van der Waals surface area contributed by atoms with E-state index >= 15 is 0 Å². The summed E-state index contributed by atoms with van der Waals surface area (Å²) in [5, 5.41) is 14.4. The van der Waals surface area contributed by atoms with Crippen molar-refractivity contribution in [2.75, 3.05) is 11.1 Å². The second-order valence-electron chi connectivity index (χ2n) is 5.79. The maximum Gasteiger partial charge on any atom is 0.259 e. The normalized spacial score (nSPS) is 14.4. The van der Waals surface area contributed by atoms with Crippen molar-refractivity contribution < 1.29 is 9.59 Å². The Labute approximate surface area is 172 Å². The molecule has 1 aromatic heterocycles. The van der Waals surface area contributed by atoms with E-state index in [1.165, 1.54) is 35.9 Å². The van der Waals surface area contributed by atoms with Gasteiger partial charge in [-0.15, -0.1) is 10.2 Å². The first-order chi connectivity index (χ1) is 12.5. The van der Waals surface area contributed by atoms with Crippen LogP contribution in [-0.4, -0.2) is 33.8 Å². The Balaban J connectivity index is 1.51. The van der Waals surface area contributed by atoms with Crippen molar-refractivity contribution in [3.63, 3.8) is 0 Å². The van der Waals surface area contributed by atoms with Crippen molar-refractivity contribution in [3.8, 4) is 0 Å². The molecule has 1 saturated carbocycles. The molecule has 1 aromatic carbocycles. The van der Waals surface area contributed by atoms with Crippen LogP contribution in [0.25, 0.3) is 0 Å². The molecule has 1 aliphatic carbocycles. The number of rotatable bonds is 6. The maximum absolute atomic E-state index is 12.3. The number of nitrogens with zero attached hydrogens (tertiary/aromatic N) is 2. The second-order valence-corrected chi connectivity index (χ2v) is 9.31. The lowest BCUT2D eigenvalue weighted by Gasteiger charge is -2.10. The summed E-state index contributed by atoms with van der Waals surface area (Å²) in [5.41, 5.74) is 0.349. The molecule has 2 amide bonds. The van der Waals surface area contributed by atoms with Crippen LogP contribution in [0.15, 0.2) is 27.0 Å². The zero-order chi connectivity index (χ0) is 18.5. The molecule has 0 spiro atoms. The minimum absolute atomic E-state index is 0.00334. The lowest BCUT2D eigenvalue weighted by Crippen LogP contribution is -2.33. The van der Waals surface area contributed by atoms with Crippen LogP contribution in [0.2, 0.25) is 5.02 Å². The van der Waals surface area contributed by atoms with Crippen molar-refractivity contribution in [3.05, 3.63) is 33.3 Å². The molecular weight excluding hydrogens is 460 g/mol. The topological polar surface area (TPSA) is 84.0 Å². The summed E-state index contributed by atoms with van der Waals surface area (Å²) < 4.78 is 1.39. The predicted octanol–water partition coefficient (Wildman–Crippen LogP) is 4.36. The predicted molar refractivity (Wildman–Crippen MR) is 108 cm³/mol. The van der Waals surface area contributed by atoms with Gasteiger partial charge in [-0.25, -0.2) is 0 Å². The van der Waals surface area contributed by atoms with E-state index in [4.69, 9.17) is 11.6 Å². The second kappa shape index (κ2) is 9.16. The van der Waals surface area contributed by atoms with Crippen molar-refractivity contribution in [2.45, 2.75) is 36.1 Å². The van der Waals surface area contributed by atoms with E-state index in [9.17, 15) is 9.59 Å². The fraction of sp³-hybridized carbons (Fsp3) is 0.375. The molecule has 1 aliphatic rings. The molecule has 6 nitrogen and oxygen atoms in total. The summed E-state index contributed by atoms with van der Waals surface area (Å²) in [6, 6.07) is 5.35. The molecule has 0 bridgehead atoms. The first kappa shape index (κ1) is 19.6. The third-order valence-electron chi connectivity index (χ3n) is 3.85. The van der Waals surface area contributed by atoms with E-state index in [2.05, 4.69) is 36.8 Å². The Morgan fingerprint density at radius 3 is 2.85 bits per heavy atom. The van der Waals surface area contributed by atoms with Crippen molar-refractivity contribution in [1.82, 2.24) is 15.5 Å². The third kappa shape index (κ3) is 5.42. The van der Waals surface area contributed by atoms with E-state index in [1.807, 2.05) is 0 Å². The summed E-state index contributed by atoms with van der Waals surface area (Å²) >= 11 is 11.9. The zero-order valence-corrected chi connectivity index (χ0v) is 17.6. The number of carbonyl (C=O) groups excluding carboxylic acids is 2. The number of thioether (sulfide) groups is 1. The largest absolute Gasteiger partial charge is 0.353 e. The number of benzene rings is 1. The van der Waals surface area contributed by atoms with Gasteiger partial charge in [-0.05, 0) is 31.0 Å². The number of carbonyl (C=O) groups is 2. The highest BCUT2D eigenvalue weighted by atomic mass is 79.9. The number of aromatic nitrogens is 2. The van der Waals surface area contributed by atoms with Crippen LogP contribution in [0.1, 0.15) is 36.0 Å². The van der Waals surface area contributed by atoms with Gasteiger partial charge in [-0.1, -0.05) is 63.5 Å². The summed E-state index contributed by atoms with van der Waals surface area (Å²) in [5.74, 6) is -0.0668. The standard InChI is InChI=1S/C16H16BrClN4O2S2/c17-9-5-6-12(18)11(7-9)14(24)20-15-21-22-16(26-15)25-8-13(23)19-10-3-1-2-4-10/h5-7,10H,1-4,8H2,(H,19,23)(H,20,21,24). The molecule has 0 saturated heterocycles. The highest BCUT2D eigenvalue weighted by molar-refractivity contribution is 9.10. The number of halogens is 2. The summed E-state index contributed by atoms with van der Waals surface area (Å²) in [6.45, 7) is 0. The Hall–Kier alpha value is -1.16. The molecule has 2 aromatic rings. The molecule has 26 heavy (non-hydrogen) atoms. The van der Waals surface area contributed by atoms with Gasteiger partial charge in [0.15, 0.2) is 4.34 Å². The Morgan fingerprint density at radius 2 is 2.08 bits per heavy atom. The average Bonchev–Trinajstić information content (AvgIpc) is 3.27. The number of anilines is 1. The van der Waals surface area contributed by atoms with Crippen LogP contribution < -0.4 is 10.6 Å². The molecule has 3 rings (SSSR count). The minimum atomic E-state index is -0.358. The molecule has 0 atom stereocenters. The van der Waals surface area contributed by atoms with E-state index < -0.39 is 0 Å². The van der Waals surface area contributed by atoms with Gasteiger partial charge in [-0.3, -0.25) is 14.9 Å². The third-order valence-corrected chi connectivity index (χ3v) is 6.64. The number of nitrogens with one attached hydrogen (secondary N) is 2. The number of amides is 2. The molecule has 1 fully saturated rings. The van der Waals surface area contributed by atoms with Crippen molar-refractivity contribution in [2.24, 2.45) is 0 Å². The first-order valence-corrected chi connectivity index (χ1v) is 11.0. The van der Waals surface area contributed by atoms with Crippen LogP contribution in [0.5, 0.6) is 0 Å².